The third kappa shape index (κ3) is 2.74. The van der Waals surface area contributed by atoms with Gasteiger partial charge in [-0.2, -0.15) is 5.10 Å². The molecule has 1 N–H and O–H groups in total. The van der Waals surface area contributed by atoms with Crippen LogP contribution in [0.5, 0.6) is 0 Å². The molecule has 0 aliphatic carbocycles. The predicted molar refractivity (Wildman–Crippen MR) is 74.9 cm³/mol. The average molecular weight is 264 g/mol. The number of halogens is 1. The van der Waals surface area contributed by atoms with Crippen LogP contribution in [0.4, 0.5) is 0 Å². The summed E-state index contributed by atoms with van der Waals surface area (Å²) in [7, 11) is 1.96. The van der Waals surface area contributed by atoms with Gasteiger partial charge < -0.3 is 5.32 Å². The summed E-state index contributed by atoms with van der Waals surface area (Å²) in [6.45, 7) is 5.05. The highest BCUT2D eigenvalue weighted by Gasteiger charge is 2.16. The topological polar surface area (TPSA) is 29.9 Å². The normalized spacial score (nSPS) is 12.7. The lowest BCUT2D eigenvalue weighted by Crippen LogP contribution is -2.24. The van der Waals surface area contributed by atoms with Crippen molar-refractivity contribution in [3.05, 3.63) is 52.3 Å². The molecule has 0 saturated heterocycles. The van der Waals surface area contributed by atoms with E-state index in [4.69, 9.17) is 11.6 Å². The SMILES string of the molecule is CCNC(c1cc(C)cc(Cl)c1)c1ccnn1C. The van der Waals surface area contributed by atoms with Crippen LogP contribution in [0.25, 0.3) is 0 Å². The van der Waals surface area contributed by atoms with Gasteiger partial charge in [0, 0.05) is 18.3 Å². The van der Waals surface area contributed by atoms with Crippen LogP contribution in [0.15, 0.2) is 30.5 Å². The Morgan fingerprint density at radius 3 is 2.72 bits per heavy atom. The van der Waals surface area contributed by atoms with Crippen molar-refractivity contribution in [2.75, 3.05) is 6.54 Å². The molecule has 0 saturated carbocycles. The third-order valence-electron chi connectivity index (χ3n) is 2.96. The molecule has 0 radical (unpaired) electrons. The summed E-state index contributed by atoms with van der Waals surface area (Å²) < 4.78 is 1.89. The van der Waals surface area contributed by atoms with Crippen LogP contribution in [0, 0.1) is 6.92 Å². The Morgan fingerprint density at radius 2 is 2.17 bits per heavy atom. The number of benzene rings is 1. The first-order valence-corrected chi connectivity index (χ1v) is 6.48. The maximum absolute atomic E-state index is 6.15. The Bertz CT molecular complexity index is 513. The Hall–Kier alpha value is -1.32. The number of rotatable bonds is 4. The minimum atomic E-state index is 0.125. The first kappa shape index (κ1) is 13.1. The van der Waals surface area contributed by atoms with Crippen molar-refractivity contribution >= 4 is 11.6 Å². The van der Waals surface area contributed by atoms with E-state index < -0.39 is 0 Å². The monoisotopic (exact) mass is 263 g/mol. The fourth-order valence-corrected chi connectivity index (χ4v) is 2.49. The van der Waals surface area contributed by atoms with E-state index in [1.165, 1.54) is 11.1 Å². The van der Waals surface area contributed by atoms with Crippen molar-refractivity contribution in [1.29, 1.82) is 0 Å². The third-order valence-corrected chi connectivity index (χ3v) is 3.18. The molecule has 4 heteroatoms. The van der Waals surface area contributed by atoms with Crippen LogP contribution in [0.3, 0.4) is 0 Å². The van der Waals surface area contributed by atoms with E-state index in [2.05, 4.69) is 30.3 Å². The first-order chi connectivity index (χ1) is 8.61. The van der Waals surface area contributed by atoms with Crippen molar-refractivity contribution in [1.82, 2.24) is 15.1 Å². The van der Waals surface area contributed by atoms with E-state index in [-0.39, 0.29) is 6.04 Å². The molecule has 0 aliphatic heterocycles. The summed E-state index contributed by atoms with van der Waals surface area (Å²) in [5.41, 5.74) is 3.48. The summed E-state index contributed by atoms with van der Waals surface area (Å²) in [4.78, 5) is 0. The summed E-state index contributed by atoms with van der Waals surface area (Å²) in [6.07, 6.45) is 1.82. The lowest BCUT2D eigenvalue weighted by Gasteiger charge is -2.19. The lowest BCUT2D eigenvalue weighted by molar-refractivity contribution is 0.572. The number of nitrogens with one attached hydrogen (secondary N) is 1. The van der Waals surface area contributed by atoms with Gasteiger partial charge in [-0.05, 0) is 42.8 Å². The van der Waals surface area contributed by atoms with Gasteiger partial charge >= 0.3 is 0 Å². The predicted octanol–water partition coefficient (Wildman–Crippen LogP) is 3.08. The molecule has 0 spiro atoms. The molecule has 1 atom stereocenters. The first-order valence-electron chi connectivity index (χ1n) is 6.10. The molecular weight excluding hydrogens is 246 g/mol. The second kappa shape index (κ2) is 5.55. The standard InChI is InChI=1S/C14H18ClN3/c1-4-16-14(13-5-6-17-18(13)3)11-7-10(2)8-12(15)9-11/h5-9,14,16H,4H2,1-3H3. The summed E-state index contributed by atoms with van der Waals surface area (Å²) >= 11 is 6.15. The molecule has 1 aromatic heterocycles. The van der Waals surface area contributed by atoms with Gasteiger partial charge in [0.15, 0.2) is 0 Å². The molecule has 0 bridgehead atoms. The van der Waals surface area contributed by atoms with Crippen LogP contribution in [-0.2, 0) is 7.05 Å². The molecule has 2 aromatic rings. The average Bonchev–Trinajstić information content (AvgIpc) is 2.71. The van der Waals surface area contributed by atoms with E-state index in [9.17, 15) is 0 Å². The zero-order valence-corrected chi connectivity index (χ0v) is 11.7. The molecule has 2 rings (SSSR count). The smallest absolute Gasteiger partial charge is 0.0748 e. The van der Waals surface area contributed by atoms with E-state index in [1.807, 2.05) is 36.1 Å². The number of nitrogens with zero attached hydrogens (tertiary/aromatic N) is 2. The van der Waals surface area contributed by atoms with Gasteiger partial charge in [-0.1, -0.05) is 24.6 Å². The van der Waals surface area contributed by atoms with Crippen LogP contribution in [0.2, 0.25) is 5.02 Å². The van der Waals surface area contributed by atoms with Crippen molar-refractivity contribution in [3.8, 4) is 0 Å². The van der Waals surface area contributed by atoms with E-state index >= 15 is 0 Å². The molecule has 18 heavy (non-hydrogen) atoms. The van der Waals surface area contributed by atoms with Crippen molar-refractivity contribution in [2.45, 2.75) is 19.9 Å². The van der Waals surface area contributed by atoms with E-state index in [0.29, 0.717) is 0 Å². The van der Waals surface area contributed by atoms with Crippen molar-refractivity contribution in [2.24, 2.45) is 7.05 Å². The van der Waals surface area contributed by atoms with Gasteiger partial charge in [-0.3, -0.25) is 4.68 Å². The zero-order valence-electron chi connectivity index (χ0n) is 10.9. The van der Waals surface area contributed by atoms with E-state index in [0.717, 1.165) is 17.3 Å². The number of hydrogen-bond donors (Lipinski definition) is 1. The minimum absolute atomic E-state index is 0.125. The summed E-state index contributed by atoms with van der Waals surface area (Å²) in [6, 6.07) is 8.29. The molecule has 0 amide bonds. The van der Waals surface area contributed by atoms with Crippen molar-refractivity contribution in [3.63, 3.8) is 0 Å². The highest BCUT2D eigenvalue weighted by molar-refractivity contribution is 6.30. The largest absolute Gasteiger partial charge is 0.305 e. The maximum Gasteiger partial charge on any atom is 0.0748 e. The van der Waals surface area contributed by atoms with Gasteiger partial charge in [0.25, 0.3) is 0 Å². The van der Waals surface area contributed by atoms with Gasteiger partial charge in [-0.15, -0.1) is 0 Å². The number of aryl methyl sites for hydroxylation is 2. The summed E-state index contributed by atoms with van der Waals surface area (Å²) in [5, 5.41) is 8.48. The lowest BCUT2D eigenvalue weighted by atomic mass is 10.0. The molecular formula is C14H18ClN3. The molecule has 3 nitrogen and oxygen atoms in total. The number of aromatic nitrogens is 2. The Balaban J connectivity index is 2.44. The molecule has 1 heterocycles. The molecule has 0 fully saturated rings. The van der Waals surface area contributed by atoms with Crippen LogP contribution in [-0.4, -0.2) is 16.3 Å². The van der Waals surface area contributed by atoms with Crippen LogP contribution in [0.1, 0.15) is 29.8 Å². The molecule has 1 aromatic carbocycles. The Kier molecular flexibility index (Phi) is 4.04. The van der Waals surface area contributed by atoms with Gasteiger partial charge in [0.05, 0.1) is 11.7 Å². The van der Waals surface area contributed by atoms with Gasteiger partial charge in [-0.25, -0.2) is 0 Å². The molecule has 96 valence electrons. The highest BCUT2D eigenvalue weighted by atomic mass is 35.5. The fourth-order valence-electron chi connectivity index (χ4n) is 2.20. The zero-order chi connectivity index (χ0) is 13.1. The molecule has 1 unspecified atom stereocenters. The van der Waals surface area contributed by atoms with Gasteiger partial charge in [0.1, 0.15) is 0 Å². The highest BCUT2D eigenvalue weighted by Crippen LogP contribution is 2.25. The second-order valence-electron chi connectivity index (χ2n) is 4.43. The Morgan fingerprint density at radius 1 is 1.39 bits per heavy atom. The van der Waals surface area contributed by atoms with E-state index in [1.54, 1.807) is 0 Å². The summed E-state index contributed by atoms with van der Waals surface area (Å²) in [5.74, 6) is 0. The Labute approximate surface area is 113 Å². The van der Waals surface area contributed by atoms with Gasteiger partial charge in [0.2, 0.25) is 0 Å². The minimum Gasteiger partial charge on any atom is -0.305 e. The fraction of sp³-hybridized carbons (Fsp3) is 0.357. The maximum atomic E-state index is 6.15. The second-order valence-corrected chi connectivity index (χ2v) is 4.87. The van der Waals surface area contributed by atoms with Crippen LogP contribution >= 0.6 is 11.6 Å². The van der Waals surface area contributed by atoms with Crippen LogP contribution < -0.4 is 5.32 Å². The quantitative estimate of drug-likeness (QED) is 0.919. The number of hydrogen-bond acceptors (Lipinski definition) is 2. The van der Waals surface area contributed by atoms with Crippen molar-refractivity contribution < 1.29 is 0 Å². The molecule has 0 aliphatic rings.